The Morgan fingerprint density at radius 1 is 0.769 bits per heavy atom. The van der Waals surface area contributed by atoms with Crippen molar-refractivity contribution >= 4 is 17.6 Å². The predicted molar refractivity (Wildman–Crippen MR) is 94.3 cm³/mol. The number of nitrogens with one attached hydrogen (secondary N) is 1. The number of hydrogen-bond acceptors (Lipinski definition) is 3. The molecule has 0 atom stereocenters. The number of ether oxygens (including phenoxy) is 1. The van der Waals surface area contributed by atoms with Gasteiger partial charge in [-0.25, -0.2) is 9.18 Å². The molecule has 3 aromatic rings. The number of hydrogen-bond donors (Lipinski definition) is 2. The first-order valence-corrected chi connectivity index (χ1v) is 7.69. The van der Waals surface area contributed by atoms with E-state index in [1.165, 1.54) is 36.4 Å². The number of rotatable bonds is 5. The van der Waals surface area contributed by atoms with Crippen LogP contribution in [0.4, 0.5) is 10.1 Å². The molecule has 2 N–H and O–H groups in total. The second-order valence-corrected chi connectivity index (χ2v) is 5.42. The third-order valence-electron chi connectivity index (χ3n) is 3.56. The first kappa shape index (κ1) is 17.2. The minimum absolute atomic E-state index is 0.177. The third-order valence-corrected chi connectivity index (χ3v) is 3.56. The van der Waals surface area contributed by atoms with Crippen molar-refractivity contribution in [1.29, 1.82) is 0 Å². The normalized spacial score (nSPS) is 10.2. The van der Waals surface area contributed by atoms with Crippen LogP contribution in [-0.2, 0) is 0 Å². The smallest absolute Gasteiger partial charge is 0.335 e. The summed E-state index contributed by atoms with van der Waals surface area (Å²) in [4.78, 5) is 22.9. The zero-order valence-electron chi connectivity index (χ0n) is 13.5. The molecule has 0 radical (unpaired) electrons. The lowest BCUT2D eigenvalue weighted by atomic mass is 10.2. The number of benzene rings is 3. The second kappa shape index (κ2) is 7.48. The summed E-state index contributed by atoms with van der Waals surface area (Å²) in [6.45, 7) is 0. The molecule has 0 aromatic heterocycles. The maximum atomic E-state index is 12.9. The maximum absolute atomic E-state index is 12.9. The molecule has 0 unspecified atom stereocenters. The fraction of sp³-hybridized carbons (Fsp3) is 0. The van der Waals surface area contributed by atoms with E-state index in [2.05, 4.69) is 5.32 Å². The van der Waals surface area contributed by atoms with E-state index in [9.17, 15) is 14.0 Å². The molecule has 0 fully saturated rings. The Balaban J connectivity index is 1.63. The summed E-state index contributed by atoms with van der Waals surface area (Å²) in [5.41, 5.74) is 1.09. The maximum Gasteiger partial charge on any atom is 0.335 e. The van der Waals surface area contributed by atoms with Gasteiger partial charge >= 0.3 is 5.97 Å². The highest BCUT2D eigenvalue weighted by Crippen LogP contribution is 2.23. The van der Waals surface area contributed by atoms with Crippen LogP contribution >= 0.6 is 0 Å². The number of carboxylic acid groups (broad SMARTS) is 1. The zero-order valence-corrected chi connectivity index (χ0v) is 13.5. The minimum atomic E-state index is -1.00. The summed E-state index contributed by atoms with van der Waals surface area (Å²) < 4.78 is 18.5. The lowest BCUT2D eigenvalue weighted by Crippen LogP contribution is -2.11. The average Bonchev–Trinajstić information content (AvgIpc) is 2.64. The van der Waals surface area contributed by atoms with E-state index in [0.717, 1.165) is 0 Å². The molecule has 0 saturated carbocycles. The number of carbonyl (C=O) groups is 2. The molecule has 0 bridgehead atoms. The zero-order chi connectivity index (χ0) is 18.5. The highest BCUT2D eigenvalue weighted by atomic mass is 19.1. The molecule has 3 aromatic carbocycles. The molecule has 0 saturated heterocycles. The monoisotopic (exact) mass is 351 g/mol. The van der Waals surface area contributed by atoms with Crippen LogP contribution < -0.4 is 10.1 Å². The summed E-state index contributed by atoms with van der Waals surface area (Å²) >= 11 is 0. The van der Waals surface area contributed by atoms with Gasteiger partial charge in [-0.1, -0.05) is 0 Å². The van der Waals surface area contributed by atoms with E-state index in [4.69, 9.17) is 9.84 Å². The van der Waals surface area contributed by atoms with E-state index >= 15 is 0 Å². The van der Waals surface area contributed by atoms with Crippen molar-refractivity contribution in [1.82, 2.24) is 0 Å². The quantitative estimate of drug-likeness (QED) is 0.706. The van der Waals surface area contributed by atoms with Crippen molar-refractivity contribution < 1.29 is 23.8 Å². The van der Waals surface area contributed by atoms with Crippen LogP contribution in [-0.4, -0.2) is 17.0 Å². The highest BCUT2D eigenvalue weighted by molar-refractivity contribution is 6.04. The number of halogens is 1. The van der Waals surface area contributed by atoms with E-state index in [1.807, 2.05) is 0 Å². The lowest BCUT2D eigenvalue weighted by Gasteiger charge is -2.08. The van der Waals surface area contributed by atoms with Gasteiger partial charge in [0, 0.05) is 11.3 Å². The molecule has 130 valence electrons. The molecular weight excluding hydrogens is 337 g/mol. The Labute approximate surface area is 148 Å². The minimum Gasteiger partial charge on any atom is -0.478 e. The van der Waals surface area contributed by atoms with Crippen molar-refractivity contribution in [2.45, 2.75) is 0 Å². The number of anilines is 1. The van der Waals surface area contributed by atoms with E-state index in [-0.39, 0.29) is 11.5 Å². The number of carbonyl (C=O) groups excluding carboxylic acids is 1. The van der Waals surface area contributed by atoms with Crippen LogP contribution in [0.3, 0.4) is 0 Å². The molecule has 0 aliphatic rings. The molecule has 0 heterocycles. The topological polar surface area (TPSA) is 75.6 Å². The number of aromatic carboxylic acids is 1. The second-order valence-electron chi connectivity index (χ2n) is 5.42. The molecule has 0 spiro atoms. The Hall–Kier alpha value is -3.67. The van der Waals surface area contributed by atoms with Crippen LogP contribution in [0.15, 0.2) is 72.8 Å². The molecule has 26 heavy (non-hydrogen) atoms. The van der Waals surface area contributed by atoms with Gasteiger partial charge in [0.2, 0.25) is 0 Å². The van der Waals surface area contributed by atoms with Gasteiger partial charge in [0.1, 0.15) is 17.3 Å². The SMILES string of the molecule is O=C(O)c1ccc(Oc2ccc(NC(=O)c3ccc(F)cc3)cc2)cc1. The fourth-order valence-electron chi connectivity index (χ4n) is 2.21. The summed E-state index contributed by atoms with van der Waals surface area (Å²) in [6.07, 6.45) is 0. The van der Waals surface area contributed by atoms with Gasteiger partial charge < -0.3 is 15.2 Å². The van der Waals surface area contributed by atoms with E-state index in [0.29, 0.717) is 22.7 Å². The molecular formula is C20H14FNO4. The standard InChI is InChI=1S/C20H14FNO4/c21-15-5-1-13(2-6-15)19(23)22-16-7-11-18(12-8-16)26-17-9-3-14(4-10-17)20(24)25/h1-12H,(H,22,23)(H,24,25). The Morgan fingerprint density at radius 2 is 1.27 bits per heavy atom. The largest absolute Gasteiger partial charge is 0.478 e. The van der Waals surface area contributed by atoms with Gasteiger partial charge in [-0.2, -0.15) is 0 Å². The van der Waals surface area contributed by atoms with Crippen molar-refractivity contribution in [3.63, 3.8) is 0 Å². The Bertz CT molecular complexity index is 920. The first-order chi connectivity index (χ1) is 12.5. The van der Waals surface area contributed by atoms with Crippen LogP contribution in [0, 0.1) is 5.82 Å². The van der Waals surface area contributed by atoms with Gasteiger partial charge in [0.05, 0.1) is 5.56 Å². The predicted octanol–water partition coefficient (Wildman–Crippen LogP) is 4.57. The van der Waals surface area contributed by atoms with Crippen molar-refractivity contribution in [3.8, 4) is 11.5 Å². The summed E-state index contributed by atoms with van der Waals surface area (Å²) in [7, 11) is 0. The van der Waals surface area contributed by atoms with Crippen LogP contribution in [0.25, 0.3) is 0 Å². The average molecular weight is 351 g/mol. The molecule has 3 rings (SSSR count). The summed E-state index contributed by atoms with van der Waals surface area (Å²) in [6, 6.07) is 18.0. The molecule has 6 heteroatoms. The van der Waals surface area contributed by atoms with Crippen molar-refractivity contribution in [2.24, 2.45) is 0 Å². The lowest BCUT2D eigenvalue weighted by molar-refractivity contribution is 0.0696. The first-order valence-electron chi connectivity index (χ1n) is 7.69. The molecule has 5 nitrogen and oxygen atoms in total. The van der Waals surface area contributed by atoms with Crippen LogP contribution in [0.1, 0.15) is 20.7 Å². The number of amides is 1. The van der Waals surface area contributed by atoms with Crippen molar-refractivity contribution in [2.75, 3.05) is 5.32 Å². The number of carboxylic acids is 1. The third kappa shape index (κ3) is 4.24. The molecule has 0 aliphatic carbocycles. The van der Waals surface area contributed by atoms with Gasteiger partial charge in [-0.15, -0.1) is 0 Å². The fourth-order valence-corrected chi connectivity index (χ4v) is 2.21. The van der Waals surface area contributed by atoms with Gasteiger partial charge in [-0.05, 0) is 72.8 Å². The van der Waals surface area contributed by atoms with Crippen molar-refractivity contribution in [3.05, 3.63) is 89.7 Å². The van der Waals surface area contributed by atoms with Gasteiger partial charge in [0.25, 0.3) is 5.91 Å². The van der Waals surface area contributed by atoms with E-state index < -0.39 is 11.8 Å². The van der Waals surface area contributed by atoms with Crippen LogP contribution in [0.2, 0.25) is 0 Å². The van der Waals surface area contributed by atoms with Gasteiger partial charge in [0.15, 0.2) is 0 Å². The summed E-state index contributed by atoms with van der Waals surface area (Å²) in [5, 5.41) is 11.6. The van der Waals surface area contributed by atoms with Crippen LogP contribution in [0.5, 0.6) is 11.5 Å². The summed E-state index contributed by atoms with van der Waals surface area (Å²) in [5.74, 6) is -0.717. The Kier molecular flexibility index (Phi) is 4.94. The van der Waals surface area contributed by atoms with E-state index in [1.54, 1.807) is 36.4 Å². The molecule has 0 aliphatic heterocycles. The highest BCUT2D eigenvalue weighted by Gasteiger charge is 2.07. The van der Waals surface area contributed by atoms with Gasteiger partial charge in [-0.3, -0.25) is 4.79 Å². The molecule has 1 amide bonds. The Morgan fingerprint density at radius 3 is 1.81 bits per heavy atom.